The van der Waals surface area contributed by atoms with Gasteiger partial charge in [0.1, 0.15) is 24.1 Å². The number of nitrogens with one attached hydrogen (secondary N) is 1. The lowest BCUT2D eigenvalue weighted by atomic mass is 10.0. The van der Waals surface area contributed by atoms with Crippen molar-refractivity contribution in [3.63, 3.8) is 0 Å². The highest BCUT2D eigenvalue weighted by Crippen LogP contribution is 2.21. The van der Waals surface area contributed by atoms with Crippen LogP contribution in [-0.2, 0) is 9.59 Å². The van der Waals surface area contributed by atoms with Crippen LogP contribution in [0.4, 0.5) is 0 Å². The van der Waals surface area contributed by atoms with Gasteiger partial charge in [-0.15, -0.1) is 0 Å². The standard InChI is InChI=1S/C12H16N2O4.C4H6O6/c1-6(15)9(16)10(17)11(18)12-13-7-4-2-3-5-8(7)14-12;5-1(3(7)8)2(6)4(9)10/h2-6,9-11,15-18H,1H3,(H,13,14);1-2,5-6H,(H,7,8)(H,9,10). The average Bonchev–Trinajstić information content (AvgIpc) is 3.09. The number of benzene rings is 1. The minimum absolute atomic E-state index is 0.156. The van der Waals surface area contributed by atoms with E-state index in [4.69, 9.17) is 20.4 Å². The van der Waals surface area contributed by atoms with Gasteiger partial charge in [0.15, 0.2) is 12.2 Å². The first-order chi connectivity index (χ1) is 13.0. The van der Waals surface area contributed by atoms with Crippen molar-refractivity contribution in [2.75, 3.05) is 0 Å². The van der Waals surface area contributed by atoms with Gasteiger partial charge >= 0.3 is 11.9 Å². The van der Waals surface area contributed by atoms with Gasteiger partial charge in [-0.2, -0.15) is 0 Å². The molecule has 1 aromatic carbocycles. The maximum absolute atomic E-state index is 9.89. The van der Waals surface area contributed by atoms with Crippen LogP contribution in [0.1, 0.15) is 18.9 Å². The fraction of sp³-hybridized carbons (Fsp3) is 0.438. The van der Waals surface area contributed by atoms with E-state index >= 15 is 0 Å². The van der Waals surface area contributed by atoms with Gasteiger partial charge in [0.25, 0.3) is 0 Å². The number of fused-ring (bicyclic) bond motifs is 1. The zero-order valence-corrected chi connectivity index (χ0v) is 14.6. The van der Waals surface area contributed by atoms with E-state index in [2.05, 4.69) is 9.97 Å². The van der Waals surface area contributed by atoms with Gasteiger partial charge in [0, 0.05) is 0 Å². The minimum atomic E-state index is -2.27. The summed E-state index contributed by atoms with van der Waals surface area (Å²) in [6.45, 7) is 1.33. The third kappa shape index (κ3) is 5.95. The molecule has 0 saturated carbocycles. The predicted molar refractivity (Wildman–Crippen MR) is 92.0 cm³/mol. The molecule has 0 spiro atoms. The van der Waals surface area contributed by atoms with Crippen molar-refractivity contribution < 1.29 is 50.4 Å². The molecule has 2 aromatic rings. The molecule has 0 bridgehead atoms. The SMILES string of the molecule is CC(O)C(O)C(O)C(O)c1nc2ccccc2[nH]1.O=C(O)C(O)C(O)C(=O)O. The lowest BCUT2D eigenvalue weighted by Gasteiger charge is -2.23. The Kier molecular flexibility index (Phi) is 8.43. The molecular formula is C16H22N2O10. The monoisotopic (exact) mass is 402 g/mol. The fourth-order valence-electron chi connectivity index (χ4n) is 2.02. The Balaban J connectivity index is 0.000000336. The number of aromatic amines is 1. The van der Waals surface area contributed by atoms with Crippen molar-refractivity contribution >= 4 is 23.0 Å². The number of aliphatic hydroxyl groups is 6. The van der Waals surface area contributed by atoms with Crippen LogP contribution in [-0.4, -0.2) is 93.3 Å². The van der Waals surface area contributed by atoms with Crippen molar-refractivity contribution in [2.45, 2.75) is 43.5 Å². The second kappa shape index (κ2) is 10.1. The Bertz CT molecular complexity index is 742. The molecule has 0 aliphatic heterocycles. The Morgan fingerprint density at radius 1 is 0.893 bits per heavy atom. The summed E-state index contributed by atoms with van der Waals surface area (Å²) in [5.74, 6) is -3.38. The van der Waals surface area contributed by atoms with Crippen LogP contribution in [0, 0.1) is 0 Å². The highest BCUT2D eigenvalue weighted by molar-refractivity contribution is 5.83. The number of H-pyrrole nitrogens is 1. The summed E-state index contributed by atoms with van der Waals surface area (Å²) in [5.41, 5.74) is 1.38. The van der Waals surface area contributed by atoms with E-state index in [0.29, 0.717) is 5.52 Å². The van der Waals surface area contributed by atoms with E-state index in [1.165, 1.54) is 6.92 Å². The second-order valence-electron chi connectivity index (χ2n) is 5.87. The summed E-state index contributed by atoms with van der Waals surface area (Å²) < 4.78 is 0. The molecule has 0 saturated heterocycles. The van der Waals surface area contributed by atoms with Crippen molar-refractivity contribution in [1.29, 1.82) is 0 Å². The van der Waals surface area contributed by atoms with Crippen molar-refractivity contribution in [2.24, 2.45) is 0 Å². The van der Waals surface area contributed by atoms with Gasteiger partial charge in [0.2, 0.25) is 0 Å². The molecule has 2 rings (SSSR count). The average molecular weight is 402 g/mol. The zero-order chi connectivity index (χ0) is 21.6. The van der Waals surface area contributed by atoms with E-state index in [1.54, 1.807) is 18.2 Å². The number of rotatable bonds is 7. The molecule has 6 unspecified atom stereocenters. The van der Waals surface area contributed by atoms with Gasteiger partial charge in [-0.1, -0.05) is 12.1 Å². The first-order valence-electron chi connectivity index (χ1n) is 7.96. The topological polar surface area (TPSA) is 225 Å². The van der Waals surface area contributed by atoms with Crippen LogP contribution >= 0.6 is 0 Å². The molecule has 156 valence electrons. The second-order valence-corrected chi connectivity index (χ2v) is 5.87. The maximum atomic E-state index is 9.89. The van der Waals surface area contributed by atoms with Gasteiger partial charge in [-0.3, -0.25) is 0 Å². The molecule has 1 heterocycles. The summed E-state index contributed by atoms with van der Waals surface area (Å²) in [7, 11) is 0. The van der Waals surface area contributed by atoms with Crippen LogP contribution in [0.15, 0.2) is 24.3 Å². The number of aromatic nitrogens is 2. The molecule has 12 heteroatoms. The van der Waals surface area contributed by atoms with Gasteiger partial charge in [-0.25, -0.2) is 14.6 Å². The molecular weight excluding hydrogens is 380 g/mol. The van der Waals surface area contributed by atoms with Crippen molar-refractivity contribution in [1.82, 2.24) is 9.97 Å². The molecule has 0 aliphatic rings. The molecule has 0 aliphatic carbocycles. The largest absolute Gasteiger partial charge is 0.479 e. The van der Waals surface area contributed by atoms with Gasteiger partial charge < -0.3 is 45.8 Å². The molecule has 28 heavy (non-hydrogen) atoms. The van der Waals surface area contributed by atoms with Crippen molar-refractivity contribution in [3.05, 3.63) is 30.1 Å². The van der Waals surface area contributed by atoms with E-state index in [9.17, 15) is 30.0 Å². The highest BCUT2D eigenvalue weighted by atomic mass is 16.4. The number of imidazole rings is 1. The Hall–Kier alpha value is -2.61. The number of aliphatic carboxylic acids is 2. The molecule has 9 N–H and O–H groups in total. The Morgan fingerprint density at radius 3 is 1.82 bits per heavy atom. The van der Waals surface area contributed by atoms with E-state index in [1.807, 2.05) is 6.07 Å². The third-order valence-corrected chi connectivity index (χ3v) is 3.66. The highest BCUT2D eigenvalue weighted by Gasteiger charge is 2.31. The number of hydrogen-bond acceptors (Lipinski definition) is 9. The quantitative estimate of drug-likeness (QED) is 0.237. The maximum Gasteiger partial charge on any atom is 0.335 e. The molecule has 0 radical (unpaired) electrons. The fourth-order valence-corrected chi connectivity index (χ4v) is 2.02. The Labute approximate surface area is 158 Å². The zero-order valence-electron chi connectivity index (χ0n) is 14.6. The van der Waals surface area contributed by atoms with Crippen LogP contribution in [0.3, 0.4) is 0 Å². The summed E-state index contributed by atoms with van der Waals surface area (Å²) in [4.78, 5) is 26.5. The van der Waals surface area contributed by atoms with Crippen molar-refractivity contribution in [3.8, 4) is 0 Å². The lowest BCUT2D eigenvalue weighted by Crippen LogP contribution is -2.39. The summed E-state index contributed by atoms with van der Waals surface area (Å²) in [5, 5.41) is 70.8. The first-order valence-corrected chi connectivity index (χ1v) is 7.96. The lowest BCUT2D eigenvalue weighted by molar-refractivity contribution is -0.165. The van der Waals surface area contributed by atoms with E-state index in [0.717, 1.165) is 5.52 Å². The van der Waals surface area contributed by atoms with Crippen LogP contribution in [0.2, 0.25) is 0 Å². The van der Waals surface area contributed by atoms with Crippen LogP contribution in [0.5, 0.6) is 0 Å². The van der Waals surface area contributed by atoms with Gasteiger partial charge in [0.05, 0.1) is 17.1 Å². The number of hydrogen-bond donors (Lipinski definition) is 9. The number of para-hydroxylation sites is 2. The molecule has 0 amide bonds. The van der Waals surface area contributed by atoms with Crippen LogP contribution < -0.4 is 0 Å². The molecule has 0 fully saturated rings. The molecule has 1 aromatic heterocycles. The van der Waals surface area contributed by atoms with Gasteiger partial charge in [-0.05, 0) is 19.1 Å². The number of carboxylic acid groups (broad SMARTS) is 2. The number of aliphatic hydroxyl groups excluding tert-OH is 6. The molecule has 6 atom stereocenters. The number of carbonyl (C=O) groups is 2. The summed E-state index contributed by atoms with van der Waals surface area (Å²) in [6.07, 6.45) is -10.0. The van der Waals surface area contributed by atoms with E-state index < -0.39 is 48.6 Å². The predicted octanol–water partition coefficient (Wildman–Crippen LogP) is -2.42. The van der Waals surface area contributed by atoms with Crippen LogP contribution in [0.25, 0.3) is 11.0 Å². The minimum Gasteiger partial charge on any atom is -0.479 e. The first kappa shape index (κ1) is 23.4. The summed E-state index contributed by atoms with van der Waals surface area (Å²) >= 11 is 0. The normalized spacial score (nSPS) is 17.5. The summed E-state index contributed by atoms with van der Waals surface area (Å²) in [6, 6.07) is 7.17. The molecule has 12 nitrogen and oxygen atoms in total. The number of carboxylic acids is 2. The smallest absolute Gasteiger partial charge is 0.335 e. The Morgan fingerprint density at radius 2 is 1.39 bits per heavy atom. The third-order valence-electron chi connectivity index (χ3n) is 3.66. The number of nitrogens with zero attached hydrogens (tertiary/aromatic N) is 1. The van der Waals surface area contributed by atoms with E-state index in [-0.39, 0.29) is 5.82 Å².